The Morgan fingerprint density at radius 3 is 2.41 bits per heavy atom. The number of carbonyl (C=O) groups excluding carboxylic acids is 2. The van der Waals surface area contributed by atoms with Gasteiger partial charge in [0.2, 0.25) is 10.0 Å². The lowest BCUT2D eigenvalue weighted by molar-refractivity contribution is -0.387. The van der Waals surface area contributed by atoms with Crippen molar-refractivity contribution in [1.82, 2.24) is 9.62 Å². The van der Waals surface area contributed by atoms with Gasteiger partial charge in [0.1, 0.15) is 12.1 Å². The predicted octanol–water partition coefficient (Wildman–Crippen LogP) is 1.67. The molecule has 0 aliphatic carbocycles. The zero-order valence-electron chi connectivity index (χ0n) is 16.7. The second-order valence-electron chi connectivity index (χ2n) is 6.92. The zero-order chi connectivity index (χ0) is 22.2. The number of methoxy groups -OCH3 is 1. The van der Waals surface area contributed by atoms with Crippen LogP contribution < -0.4 is 5.32 Å². The van der Waals surface area contributed by atoms with E-state index in [4.69, 9.17) is 4.74 Å². The first kappa shape index (κ1) is 24.3. The predicted molar refractivity (Wildman–Crippen MR) is 103 cm³/mol. The molecule has 0 aromatic heterocycles. The Labute approximate surface area is 169 Å². The highest BCUT2D eigenvalue weighted by molar-refractivity contribution is 7.89. The van der Waals surface area contributed by atoms with E-state index in [-0.39, 0.29) is 19.5 Å². The van der Waals surface area contributed by atoms with Crippen molar-refractivity contribution < 1.29 is 32.4 Å². The number of amides is 1. The third-order valence-electron chi connectivity index (χ3n) is 3.47. The monoisotopic (exact) mass is 431 g/mol. The van der Waals surface area contributed by atoms with Gasteiger partial charge < -0.3 is 14.8 Å². The molecule has 1 amide bonds. The fourth-order valence-electron chi connectivity index (χ4n) is 2.22. The number of sulfonamides is 1. The van der Waals surface area contributed by atoms with Gasteiger partial charge in [-0.1, -0.05) is 12.1 Å². The Bertz CT molecular complexity index is 848. The molecule has 162 valence electrons. The maximum atomic E-state index is 12.9. The molecule has 0 fully saturated rings. The van der Waals surface area contributed by atoms with Crippen molar-refractivity contribution in [2.75, 3.05) is 26.7 Å². The molecule has 0 heterocycles. The lowest BCUT2D eigenvalue weighted by Gasteiger charge is -2.22. The number of esters is 1. The fourth-order valence-corrected chi connectivity index (χ4v) is 3.80. The third-order valence-corrected chi connectivity index (χ3v) is 5.36. The molecule has 11 nitrogen and oxygen atoms in total. The number of carbonyl (C=O) groups is 2. The maximum Gasteiger partial charge on any atom is 0.407 e. The number of hydrogen-bond donors (Lipinski definition) is 1. The second-order valence-corrected chi connectivity index (χ2v) is 8.83. The molecule has 1 rings (SSSR count). The van der Waals surface area contributed by atoms with Gasteiger partial charge in [0.15, 0.2) is 4.90 Å². The van der Waals surface area contributed by atoms with Crippen molar-refractivity contribution in [3.05, 3.63) is 34.4 Å². The molecule has 0 atom stereocenters. The Balaban J connectivity index is 2.94. The highest BCUT2D eigenvalue weighted by atomic mass is 32.2. The number of rotatable bonds is 9. The van der Waals surface area contributed by atoms with Crippen LogP contribution >= 0.6 is 0 Å². The van der Waals surface area contributed by atoms with Crippen LogP contribution in [0, 0.1) is 10.1 Å². The van der Waals surface area contributed by atoms with Gasteiger partial charge in [-0.15, -0.1) is 0 Å². The Morgan fingerprint density at radius 1 is 1.24 bits per heavy atom. The minimum Gasteiger partial charge on any atom is -0.468 e. The van der Waals surface area contributed by atoms with Gasteiger partial charge in [-0.2, -0.15) is 4.31 Å². The average Bonchev–Trinajstić information content (AvgIpc) is 2.62. The molecule has 0 saturated carbocycles. The van der Waals surface area contributed by atoms with E-state index < -0.39 is 49.7 Å². The quantitative estimate of drug-likeness (QED) is 0.269. The van der Waals surface area contributed by atoms with Gasteiger partial charge in [0.25, 0.3) is 5.69 Å². The van der Waals surface area contributed by atoms with Gasteiger partial charge in [0, 0.05) is 19.2 Å². The summed E-state index contributed by atoms with van der Waals surface area (Å²) in [7, 11) is -3.27. The summed E-state index contributed by atoms with van der Waals surface area (Å²) in [4.78, 5) is 33.2. The van der Waals surface area contributed by atoms with Gasteiger partial charge in [-0.3, -0.25) is 14.9 Å². The summed E-state index contributed by atoms with van der Waals surface area (Å²) >= 11 is 0. The molecular formula is C17H25N3O8S. The summed E-state index contributed by atoms with van der Waals surface area (Å²) in [6.45, 7) is 4.35. The van der Waals surface area contributed by atoms with Gasteiger partial charge >= 0.3 is 12.1 Å². The number of nitro groups is 1. The van der Waals surface area contributed by atoms with Crippen molar-refractivity contribution >= 4 is 27.8 Å². The van der Waals surface area contributed by atoms with E-state index in [1.165, 1.54) is 12.1 Å². The highest BCUT2D eigenvalue weighted by Gasteiger charge is 2.32. The van der Waals surface area contributed by atoms with E-state index >= 15 is 0 Å². The molecule has 29 heavy (non-hydrogen) atoms. The van der Waals surface area contributed by atoms with Crippen LogP contribution in [-0.2, 0) is 24.3 Å². The molecule has 0 aliphatic heterocycles. The molecule has 0 radical (unpaired) electrons. The smallest absolute Gasteiger partial charge is 0.407 e. The van der Waals surface area contributed by atoms with E-state index in [9.17, 15) is 28.1 Å². The van der Waals surface area contributed by atoms with E-state index in [0.717, 1.165) is 23.5 Å². The van der Waals surface area contributed by atoms with Crippen LogP contribution in [0.15, 0.2) is 29.2 Å². The Morgan fingerprint density at radius 2 is 1.86 bits per heavy atom. The minimum atomic E-state index is -4.36. The molecular weight excluding hydrogens is 406 g/mol. The summed E-state index contributed by atoms with van der Waals surface area (Å²) in [6, 6.07) is 4.84. The lowest BCUT2D eigenvalue weighted by Crippen LogP contribution is -2.39. The number of nitrogens with zero attached hydrogens (tertiary/aromatic N) is 2. The summed E-state index contributed by atoms with van der Waals surface area (Å²) in [6.07, 6.45) is -0.533. The summed E-state index contributed by atoms with van der Waals surface area (Å²) in [5.74, 6) is -0.827. The lowest BCUT2D eigenvalue weighted by atomic mass is 10.2. The molecule has 1 aromatic carbocycles. The number of hydrogen-bond acceptors (Lipinski definition) is 8. The normalized spacial score (nSPS) is 11.8. The van der Waals surface area contributed by atoms with Crippen LogP contribution in [0.1, 0.15) is 27.2 Å². The number of alkyl carbamates (subject to hydrolysis) is 1. The summed E-state index contributed by atoms with van der Waals surface area (Å²) < 4.78 is 36.2. The average molecular weight is 431 g/mol. The number of benzene rings is 1. The number of ether oxygens (including phenoxy) is 2. The molecule has 1 N–H and O–H groups in total. The highest BCUT2D eigenvalue weighted by Crippen LogP contribution is 2.26. The van der Waals surface area contributed by atoms with E-state index in [1.807, 2.05) is 0 Å². The molecule has 0 unspecified atom stereocenters. The van der Waals surface area contributed by atoms with Crippen molar-refractivity contribution in [1.29, 1.82) is 0 Å². The van der Waals surface area contributed by atoms with Gasteiger partial charge in [-0.25, -0.2) is 13.2 Å². The topological polar surface area (TPSA) is 145 Å². The molecule has 12 heteroatoms. The number of nitrogens with one attached hydrogen (secondary N) is 1. The standard InChI is InChI=1S/C17H25N3O8S/c1-17(2,3)28-16(22)18-10-7-11-19(12-15(21)27-4)29(25,26)14-9-6-5-8-13(14)20(23)24/h5-6,8-9H,7,10-12H2,1-4H3,(H,18,22). The van der Waals surface area contributed by atoms with Crippen LogP contribution in [0.2, 0.25) is 0 Å². The number of nitro benzene ring substituents is 1. The first-order chi connectivity index (χ1) is 13.4. The zero-order valence-corrected chi connectivity index (χ0v) is 17.5. The van der Waals surface area contributed by atoms with Crippen LogP contribution in [0.25, 0.3) is 0 Å². The van der Waals surface area contributed by atoms with Crippen LogP contribution in [0.4, 0.5) is 10.5 Å². The largest absolute Gasteiger partial charge is 0.468 e. The van der Waals surface area contributed by atoms with Crippen LogP contribution in [0.3, 0.4) is 0 Å². The SMILES string of the molecule is COC(=O)CN(CCCNC(=O)OC(C)(C)C)S(=O)(=O)c1ccccc1[N+](=O)[O-]. The molecule has 0 saturated heterocycles. The molecule has 0 aliphatic rings. The van der Waals surface area contributed by atoms with Gasteiger partial charge in [0.05, 0.1) is 12.0 Å². The number of para-hydroxylation sites is 1. The van der Waals surface area contributed by atoms with Crippen molar-refractivity contribution in [3.8, 4) is 0 Å². The first-order valence-corrected chi connectivity index (χ1v) is 10.1. The first-order valence-electron chi connectivity index (χ1n) is 8.65. The van der Waals surface area contributed by atoms with Crippen LogP contribution in [-0.4, -0.2) is 62.1 Å². The summed E-state index contributed by atoms with van der Waals surface area (Å²) in [5, 5.41) is 13.7. The van der Waals surface area contributed by atoms with E-state index in [1.54, 1.807) is 20.8 Å². The van der Waals surface area contributed by atoms with Crippen molar-refractivity contribution in [2.24, 2.45) is 0 Å². The Hall–Kier alpha value is -2.73. The van der Waals surface area contributed by atoms with Crippen molar-refractivity contribution in [3.63, 3.8) is 0 Å². The molecule has 0 bridgehead atoms. The third kappa shape index (κ3) is 7.66. The Kier molecular flexibility index (Phi) is 8.52. The molecule has 0 spiro atoms. The summed E-state index contributed by atoms with van der Waals surface area (Å²) in [5.41, 5.74) is -1.29. The van der Waals surface area contributed by atoms with Gasteiger partial charge in [-0.05, 0) is 33.3 Å². The van der Waals surface area contributed by atoms with Crippen LogP contribution in [0.5, 0.6) is 0 Å². The van der Waals surface area contributed by atoms with Crippen molar-refractivity contribution in [2.45, 2.75) is 37.7 Å². The molecule has 1 aromatic rings. The van der Waals surface area contributed by atoms with E-state index in [2.05, 4.69) is 10.1 Å². The van der Waals surface area contributed by atoms with E-state index in [0.29, 0.717) is 0 Å². The maximum absolute atomic E-state index is 12.9. The fraction of sp³-hybridized carbons (Fsp3) is 0.529. The second kappa shape index (κ2) is 10.2. The minimum absolute atomic E-state index is 0.0684.